The zero-order valence-electron chi connectivity index (χ0n) is 21.7. The first-order valence-electron chi connectivity index (χ1n) is 13.0. The third-order valence-electron chi connectivity index (χ3n) is 7.32. The topological polar surface area (TPSA) is 79.5 Å². The van der Waals surface area contributed by atoms with Crippen LogP contribution in [0.4, 0.5) is 26.2 Å². The minimum Gasteiger partial charge on any atom is -0.486 e. The molecule has 6 rings (SSSR count). The van der Waals surface area contributed by atoms with Crippen LogP contribution in [0.2, 0.25) is 0 Å². The zero-order chi connectivity index (χ0) is 26.4. The van der Waals surface area contributed by atoms with Gasteiger partial charge in [0.25, 0.3) is 0 Å². The van der Waals surface area contributed by atoms with Gasteiger partial charge in [0.1, 0.15) is 23.9 Å². The summed E-state index contributed by atoms with van der Waals surface area (Å²) in [4.78, 5) is 17.4. The standard InChI is InChI=1S/C28H30F2N6O2/c1-16(2)36-10-11-37-26-20(29)12-19(13-22(26)36)25-21(30)15-31-28(34-25)33-24-5-4-18-14-23(38-27(18)32-24)17-6-8-35(3)9-7-17/h4-5,12-17H,6-11H2,1-3H3,(H,31,32,33,34). The lowest BCUT2D eigenvalue weighted by molar-refractivity contribution is 0.242. The SMILES string of the molecule is CC(C)N1CCOc2c(F)cc(-c3nc(Nc4ccc5cc(C6CCN(C)CC6)oc5n4)ncc3F)cc21. The van der Waals surface area contributed by atoms with Crippen molar-refractivity contribution in [2.75, 3.05) is 43.5 Å². The van der Waals surface area contributed by atoms with Crippen molar-refractivity contribution < 1.29 is 17.9 Å². The Labute approximate surface area is 219 Å². The van der Waals surface area contributed by atoms with Gasteiger partial charge in [0.2, 0.25) is 11.7 Å². The van der Waals surface area contributed by atoms with Crippen molar-refractivity contribution in [3.63, 3.8) is 0 Å². The van der Waals surface area contributed by atoms with E-state index in [1.54, 1.807) is 12.1 Å². The number of nitrogens with one attached hydrogen (secondary N) is 1. The number of benzene rings is 1. The lowest BCUT2D eigenvalue weighted by atomic mass is 9.94. The van der Waals surface area contributed by atoms with E-state index in [1.807, 2.05) is 24.8 Å². The van der Waals surface area contributed by atoms with Crippen LogP contribution in [0.1, 0.15) is 38.4 Å². The van der Waals surface area contributed by atoms with E-state index < -0.39 is 11.6 Å². The Hall–Kier alpha value is -3.79. The van der Waals surface area contributed by atoms with E-state index in [4.69, 9.17) is 9.15 Å². The Morgan fingerprint density at radius 3 is 2.63 bits per heavy atom. The summed E-state index contributed by atoms with van der Waals surface area (Å²) in [6.07, 6.45) is 3.18. The Bertz CT molecular complexity index is 1480. The summed E-state index contributed by atoms with van der Waals surface area (Å²) in [6, 6.07) is 8.88. The van der Waals surface area contributed by atoms with E-state index in [0.717, 1.165) is 43.3 Å². The largest absolute Gasteiger partial charge is 0.486 e. The number of halogens is 2. The van der Waals surface area contributed by atoms with E-state index in [2.05, 4.69) is 38.3 Å². The number of ether oxygens (including phenoxy) is 1. The van der Waals surface area contributed by atoms with Crippen molar-refractivity contribution in [1.29, 1.82) is 0 Å². The number of anilines is 3. The second kappa shape index (κ2) is 9.83. The normalized spacial score (nSPS) is 16.6. The highest BCUT2D eigenvalue weighted by atomic mass is 19.1. The quantitative estimate of drug-likeness (QED) is 0.358. The predicted molar refractivity (Wildman–Crippen MR) is 142 cm³/mol. The maximum atomic E-state index is 15.0. The molecule has 0 saturated carbocycles. The maximum absolute atomic E-state index is 15.0. The Morgan fingerprint density at radius 1 is 1.03 bits per heavy atom. The first kappa shape index (κ1) is 24.5. The molecule has 0 bridgehead atoms. The number of pyridine rings is 1. The smallest absolute Gasteiger partial charge is 0.229 e. The zero-order valence-corrected chi connectivity index (χ0v) is 21.7. The fourth-order valence-electron chi connectivity index (χ4n) is 5.22. The summed E-state index contributed by atoms with van der Waals surface area (Å²) in [5, 5.41) is 3.96. The Balaban J connectivity index is 1.28. The molecule has 1 saturated heterocycles. The highest BCUT2D eigenvalue weighted by Gasteiger charge is 2.26. The van der Waals surface area contributed by atoms with Crippen LogP contribution in [-0.4, -0.2) is 59.2 Å². The predicted octanol–water partition coefficient (Wildman–Crippen LogP) is 5.72. The average molecular weight is 521 g/mol. The molecule has 198 valence electrons. The summed E-state index contributed by atoms with van der Waals surface area (Å²) >= 11 is 0. The molecule has 5 heterocycles. The second-order valence-corrected chi connectivity index (χ2v) is 10.3. The fourth-order valence-corrected chi connectivity index (χ4v) is 5.22. The molecule has 38 heavy (non-hydrogen) atoms. The molecule has 1 aromatic carbocycles. The first-order chi connectivity index (χ1) is 18.4. The fraction of sp³-hybridized carbons (Fsp3) is 0.393. The van der Waals surface area contributed by atoms with E-state index >= 15 is 0 Å². The van der Waals surface area contributed by atoms with Crippen LogP contribution in [-0.2, 0) is 0 Å². The third kappa shape index (κ3) is 4.64. The number of hydrogen-bond donors (Lipinski definition) is 1. The summed E-state index contributed by atoms with van der Waals surface area (Å²) in [7, 11) is 2.13. The van der Waals surface area contributed by atoms with E-state index in [-0.39, 0.29) is 23.4 Å². The lowest BCUT2D eigenvalue weighted by Gasteiger charge is -2.34. The van der Waals surface area contributed by atoms with E-state index in [0.29, 0.717) is 41.9 Å². The molecule has 0 unspecified atom stereocenters. The van der Waals surface area contributed by atoms with Crippen LogP contribution in [0.25, 0.3) is 22.4 Å². The van der Waals surface area contributed by atoms with Crippen molar-refractivity contribution in [2.45, 2.75) is 38.6 Å². The molecule has 8 nitrogen and oxygen atoms in total. The highest BCUT2D eigenvalue weighted by Crippen LogP contribution is 2.39. The molecule has 4 aromatic rings. The monoisotopic (exact) mass is 520 g/mol. The van der Waals surface area contributed by atoms with E-state index in [9.17, 15) is 8.78 Å². The average Bonchev–Trinajstić information content (AvgIpc) is 3.33. The van der Waals surface area contributed by atoms with Crippen LogP contribution in [0.3, 0.4) is 0 Å². The molecular weight excluding hydrogens is 490 g/mol. The number of nitrogens with zero attached hydrogens (tertiary/aromatic N) is 5. The number of hydrogen-bond acceptors (Lipinski definition) is 8. The molecule has 2 aliphatic heterocycles. The number of fused-ring (bicyclic) bond motifs is 2. The summed E-state index contributed by atoms with van der Waals surface area (Å²) in [5.41, 5.74) is 1.40. The Morgan fingerprint density at radius 2 is 1.84 bits per heavy atom. The van der Waals surface area contributed by atoms with Gasteiger partial charge in [-0.2, -0.15) is 4.98 Å². The molecule has 0 spiro atoms. The number of furan rings is 1. The molecule has 2 aliphatic rings. The molecule has 0 radical (unpaired) electrons. The number of aromatic nitrogens is 3. The minimum atomic E-state index is -0.653. The van der Waals surface area contributed by atoms with Crippen molar-refractivity contribution in [2.24, 2.45) is 0 Å². The molecule has 1 fully saturated rings. The van der Waals surface area contributed by atoms with Crippen molar-refractivity contribution in [3.05, 3.63) is 53.9 Å². The minimum absolute atomic E-state index is 0.0119. The van der Waals surface area contributed by atoms with Gasteiger partial charge >= 0.3 is 0 Å². The molecule has 0 atom stereocenters. The van der Waals surface area contributed by atoms with E-state index in [1.165, 1.54) is 6.07 Å². The molecule has 0 aliphatic carbocycles. The molecule has 10 heteroatoms. The molecule has 0 amide bonds. The van der Waals surface area contributed by atoms with Gasteiger partial charge in [-0.15, -0.1) is 0 Å². The summed E-state index contributed by atoms with van der Waals surface area (Å²) < 4.78 is 41.5. The van der Waals surface area contributed by atoms with Gasteiger partial charge in [-0.05, 0) is 77.2 Å². The highest BCUT2D eigenvalue weighted by molar-refractivity contribution is 5.77. The Kier molecular flexibility index (Phi) is 6.35. The van der Waals surface area contributed by atoms with Gasteiger partial charge in [0.05, 0.1) is 18.4 Å². The van der Waals surface area contributed by atoms with Crippen molar-refractivity contribution in [1.82, 2.24) is 19.9 Å². The summed E-state index contributed by atoms with van der Waals surface area (Å²) in [5.74, 6) is 0.916. The third-order valence-corrected chi connectivity index (χ3v) is 7.32. The van der Waals surface area contributed by atoms with Crippen LogP contribution < -0.4 is 15.0 Å². The molecule has 3 aromatic heterocycles. The molecule has 1 N–H and O–H groups in total. The van der Waals surface area contributed by atoms with Gasteiger partial charge in [-0.25, -0.2) is 18.7 Å². The van der Waals surface area contributed by atoms with Crippen LogP contribution in [0, 0.1) is 11.6 Å². The van der Waals surface area contributed by atoms with Gasteiger partial charge < -0.3 is 24.3 Å². The van der Waals surface area contributed by atoms with Crippen LogP contribution in [0.15, 0.2) is 40.9 Å². The second-order valence-electron chi connectivity index (χ2n) is 10.3. The number of rotatable bonds is 5. The summed E-state index contributed by atoms with van der Waals surface area (Å²) in [6.45, 7) is 7.14. The van der Waals surface area contributed by atoms with Crippen LogP contribution in [0.5, 0.6) is 5.75 Å². The number of piperidine rings is 1. The van der Waals surface area contributed by atoms with Gasteiger partial charge in [0.15, 0.2) is 17.4 Å². The van der Waals surface area contributed by atoms with Crippen molar-refractivity contribution >= 4 is 28.6 Å². The first-order valence-corrected chi connectivity index (χ1v) is 13.0. The van der Waals surface area contributed by atoms with Crippen molar-refractivity contribution in [3.8, 4) is 17.0 Å². The molecular formula is C28H30F2N6O2. The van der Waals surface area contributed by atoms with Crippen LogP contribution >= 0.6 is 0 Å². The lowest BCUT2D eigenvalue weighted by Crippen LogP contribution is -2.38. The van der Waals surface area contributed by atoms with Gasteiger partial charge in [-0.3, -0.25) is 0 Å². The number of likely N-dealkylation sites (tertiary alicyclic amines) is 1. The maximum Gasteiger partial charge on any atom is 0.229 e. The van der Waals surface area contributed by atoms with Gasteiger partial charge in [0, 0.05) is 22.9 Å². The van der Waals surface area contributed by atoms with Gasteiger partial charge in [-0.1, -0.05) is 0 Å².